The van der Waals surface area contributed by atoms with Gasteiger partial charge in [-0.05, 0) is 23.6 Å². The van der Waals surface area contributed by atoms with Gasteiger partial charge in [0, 0.05) is 24.1 Å². The molecule has 0 aliphatic heterocycles. The van der Waals surface area contributed by atoms with Crippen LogP contribution in [0.3, 0.4) is 0 Å². The third-order valence-corrected chi connectivity index (χ3v) is 4.28. The normalized spacial score (nSPS) is 10.3. The molecule has 0 aliphatic rings. The number of carbonyl (C=O) groups excluding carboxylic acids is 1. The lowest BCUT2D eigenvalue weighted by molar-refractivity contribution is 0.174. The molecule has 0 saturated carbocycles. The molecular formula is C18H21BrN2O2. The van der Waals surface area contributed by atoms with Gasteiger partial charge in [0.2, 0.25) is 0 Å². The summed E-state index contributed by atoms with van der Waals surface area (Å²) in [4.78, 5) is 13.9. The van der Waals surface area contributed by atoms with Crippen molar-refractivity contribution in [3.05, 3.63) is 70.2 Å². The van der Waals surface area contributed by atoms with Crippen molar-refractivity contribution in [1.29, 1.82) is 0 Å². The minimum atomic E-state index is -0.157. The van der Waals surface area contributed by atoms with E-state index < -0.39 is 0 Å². The Hall–Kier alpha value is -1.85. The van der Waals surface area contributed by atoms with Crippen LogP contribution in [0.5, 0.6) is 0 Å². The lowest BCUT2D eigenvalue weighted by Crippen LogP contribution is -2.41. The number of carbonyl (C=O) groups is 1. The maximum absolute atomic E-state index is 12.3. The van der Waals surface area contributed by atoms with Crippen molar-refractivity contribution in [3.8, 4) is 0 Å². The van der Waals surface area contributed by atoms with Crippen molar-refractivity contribution in [2.45, 2.75) is 13.0 Å². The molecule has 0 spiro atoms. The molecule has 2 aromatic carbocycles. The van der Waals surface area contributed by atoms with Gasteiger partial charge in [-0.2, -0.15) is 0 Å². The number of rotatable bonds is 7. The highest BCUT2D eigenvalue weighted by atomic mass is 79.9. The summed E-state index contributed by atoms with van der Waals surface area (Å²) in [6.45, 7) is 1.31. The third kappa shape index (κ3) is 5.69. The van der Waals surface area contributed by atoms with Crippen molar-refractivity contribution >= 4 is 22.0 Å². The quantitative estimate of drug-likeness (QED) is 0.779. The lowest BCUT2D eigenvalue weighted by Gasteiger charge is -2.22. The van der Waals surface area contributed by atoms with E-state index in [9.17, 15) is 9.90 Å². The summed E-state index contributed by atoms with van der Waals surface area (Å²) in [5.74, 6) is 0. The molecule has 0 unspecified atom stereocenters. The van der Waals surface area contributed by atoms with Gasteiger partial charge in [0.25, 0.3) is 0 Å². The van der Waals surface area contributed by atoms with Crippen molar-refractivity contribution in [2.75, 3.05) is 19.7 Å². The van der Waals surface area contributed by atoms with Gasteiger partial charge >= 0.3 is 6.03 Å². The van der Waals surface area contributed by atoms with Gasteiger partial charge < -0.3 is 15.3 Å². The first-order valence-corrected chi connectivity index (χ1v) is 8.41. The van der Waals surface area contributed by atoms with Gasteiger partial charge in [0.05, 0.1) is 6.61 Å². The third-order valence-electron chi connectivity index (χ3n) is 3.50. The Morgan fingerprint density at radius 2 is 1.78 bits per heavy atom. The largest absolute Gasteiger partial charge is 0.395 e. The Balaban J connectivity index is 1.87. The maximum atomic E-state index is 12.3. The average molecular weight is 377 g/mol. The average Bonchev–Trinajstić information content (AvgIpc) is 2.57. The summed E-state index contributed by atoms with van der Waals surface area (Å²) in [5, 5.41) is 12.1. The van der Waals surface area contributed by atoms with Crippen LogP contribution in [0.1, 0.15) is 11.1 Å². The van der Waals surface area contributed by atoms with E-state index in [4.69, 9.17) is 0 Å². The van der Waals surface area contributed by atoms with E-state index in [2.05, 4.69) is 21.2 Å². The highest BCUT2D eigenvalue weighted by Crippen LogP contribution is 2.15. The zero-order valence-electron chi connectivity index (χ0n) is 12.9. The summed E-state index contributed by atoms with van der Waals surface area (Å²) in [5.41, 5.74) is 2.20. The van der Waals surface area contributed by atoms with Crippen LogP contribution in [0.25, 0.3) is 0 Å². The molecule has 0 radical (unpaired) electrons. The van der Waals surface area contributed by atoms with Crippen molar-refractivity contribution < 1.29 is 9.90 Å². The van der Waals surface area contributed by atoms with Crippen LogP contribution in [-0.2, 0) is 13.0 Å². The Labute approximate surface area is 145 Å². The Kier molecular flexibility index (Phi) is 7.10. The van der Waals surface area contributed by atoms with Crippen molar-refractivity contribution in [3.63, 3.8) is 0 Å². The number of nitrogens with zero attached hydrogens (tertiary/aromatic N) is 1. The van der Waals surface area contributed by atoms with E-state index in [1.165, 1.54) is 0 Å². The number of nitrogens with one attached hydrogen (secondary N) is 1. The van der Waals surface area contributed by atoms with E-state index in [0.717, 1.165) is 22.0 Å². The van der Waals surface area contributed by atoms with Crippen LogP contribution in [0.4, 0.5) is 4.79 Å². The first-order valence-electron chi connectivity index (χ1n) is 7.61. The van der Waals surface area contributed by atoms with E-state index in [1.54, 1.807) is 4.90 Å². The zero-order valence-corrected chi connectivity index (χ0v) is 14.5. The second kappa shape index (κ2) is 9.33. The summed E-state index contributed by atoms with van der Waals surface area (Å²) in [6.07, 6.45) is 0.755. The number of amides is 2. The van der Waals surface area contributed by atoms with Crippen LogP contribution in [-0.4, -0.2) is 35.7 Å². The fourth-order valence-electron chi connectivity index (χ4n) is 2.29. The Morgan fingerprint density at radius 1 is 1.09 bits per heavy atom. The summed E-state index contributed by atoms with van der Waals surface area (Å²) in [7, 11) is 0. The number of aliphatic hydroxyl groups excluding tert-OH is 1. The van der Waals surface area contributed by atoms with Gasteiger partial charge in [-0.1, -0.05) is 64.5 Å². The fraction of sp³-hybridized carbons (Fsp3) is 0.278. The van der Waals surface area contributed by atoms with Gasteiger partial charge in [0.15, 0.2) is 0 Å². The van der Waals surface area contributed by atoms with E-state index in [-0.39, 0.29) is 12.6 Å². The van der Waals surface area contributed by atoms with Crippen LogP contribution in [0, 0.1) is 0 Å². The molecule has 0 heterocycles. The highest BCUT2D eigenvalue weighted by Gasteiger charge is 2.13. The molecule has 23 heavy (non-hydrogen) atoms. The molecule has 0 saturated heterocycles. The van der Waals surface area contributed by atoms with Crippen LogP contribution in [0.15, 0.2) is 59.1 Å². The molecule has 4 nitrogen and oxygen atoms in total. The summed E-state index contributed by atoms with van der Waals surface area (Å²) < 4.78 is 1.05. The number of halogens is 1. The maximum Gasteiger partial charge on any atom is 0.317 e. The minimum Gasteiger partial charge on any atom is -0.395 e. The summed E-state index contributed by atoms with van der Waals surface area (Å²) >= 11 is 3.51. The second-order valence-corrected chi connectivity index (χ2v) is 6.06. The highest BCUT2D eigenvalue weighted by molar-refractivity contribution is 9.10. The molecule has 0 aliphatic carbocycles. The van der Waals surface area contributed by atoms with Crippen LogP contribution >= 0.6 is 15.9 Å². The Bertz CT molecular complexity index is 619. The van der Waals surface area contributed by atoms with Crippen LogP contribution < -0.4 is 5.32 Å². The molecule has 0 aromatic heterocycles. The Morgan fingerprint density at radius 3 is 2.48 bits per heavy atom. The fourth-order valence-corrected chi connectivity index (χ4v) is 2.78. The SMILES string of the molecule is O=C(NCCc1ccccc1Br)N(CCO)Cc1ccccc1. The monoisotopic (exact) mass is 376 g/mol. The van der Waals surface area contributed by atoms with E-state index in [1.807, 2.05) is 54.6 Å². The van der Waals surface area contributed by atoms with Crippen molar-refractivity contribution in [2.24, 2.45) is 0 Å². The molecule has 0 fully saturated rings. The molecular weight excluding hydrogens is 356 g/mol. The molecule has 0 bridgehead atoms. The second-order valence-electron chi connectivity index (χ2n) is 5.20. The number of aliphatic hydroxyl groups is 1. The molecule has 2 amide bonds. The molecule has 2 rings (SSSR count). The molecule has 122 valence electrons. The number of benzene rings is 2. The van der Waals surface area contributed by atoms with Crippen molar-refractivity contribution in [1.82, 2.24) is 10.2 Å². The smallest absolute Gasteiger partial charge is 0.317 e. The number of urea groups is 1. The first kappa shape index (κ1) is 17.5. The van der Waals surface area contributed by atoms with Gasteiger partial charge in [0.1, 0.15) is 0 Å². The standard InChI is InChI=1S/C18H21BrN2O2/c19-17-9-5-4-8-16(17)10-11-20-18(23)21(12-13-22)14-15-6-2-1-3-7-15/h1-9,22H,10-14H2,(H,20,23). The van der Waals surface area contributed by atoms with E-state index >= 15 is 0 Å². The lowest BCUT2D eigenvalue weighted by atomic mass is 10.1. The first-order chi connectivity index (χ1) is 11.2. The van der Waals surface area contributed by atoms with Gasteiger partial charge in [-0.25, -0.2) is 4.79 Å². The molecule has 2 aromatic rings. The predicted octanol–water partition coefficient (Wildman–Crippen LogP) is 3.20. The topological polar surface area (TPSA) is 52.6 Å². The zero-order chi connectivity index (χ0) is 16.5. The van der Waals surface area contributed by atoms with E-state index in [0.29, 0.717) is 19.6 Å². The number of hydrogen-bond acceptors (Lipinski definition) is 2. The van der Waals surface area contributed by atoms with Crippen LogP contribution in [0.2, 0.25) is 0 Å². The predicted molar refractivity (Wildman–Crippen MR) is 95.2 cm³/mol. The van der Waals surface area contributed by atoms with Gasteiger partial charge in [-0.15, -0.1) is 0 Å². The molecule has 5 heteroatoms. The molecule has 0 atom stereocenters. The molecule has 2 N–H and O–H groups in total. The van der Waals surface area contributed by atoms with Gasteiger partial charge in [-0.3, -0.25) is 0 Å². The number of hydrogen-bond donors (Lipinski definition) is 2. The summed E-state index contributed by atoms with van der Waals surface area (Å²) in [6, 6.07) is 17.6. The minimum absolute atomic E-state index is 0.0511.